The quantitative estimate of drug-likeness (QED) is 0.884. The van der Waals surface area contributed by atoms with Gasteiger partial charge in [0.25, 0.3) is 0 Å². The van der Waals surface area contributed by atoms with Gasteiger partial charge in [0.05, 0.1) is 0 Å². The van der Waals surface area contributed by atoms with Crippen LogP contribution in [0.5, 0.6) is 0 Å². The molecule has 1 N–H and O–H groups in total. The lowest BCUT2D eigenvalue weighted by molar-refractivity contribution is 0.185. The Balaban J connectivity index is 1.45. The van der Waals surface area contributed by atoms with Crippen LogP contribution in [0.1, 0.15) is 31.2 Å². The second kappa shape index (κ2) is 10.3. The first-order valence-corrected chi connectivity index (χ1v) is 10.2. The number of benzene rings is 1. The summed E-state index contributed by atoms with van der Waals surface area (Å²) in [5, 5.41) is 3.59. The Bertz CT molecular complexity index is 478. The predicted octanol–water partition coefficient (Wildman–Crippen LogP) is 2.27. The number of hydrogen-bond donors (Lipinski definition) is 1. The van der Waals surface area contributed by atoms with Crippen molar-refractivity contribution in [1.29, 1.82) is 0 Å². The molecule has 1 unspecified atom stereocenters. The average Bonchev–Trinajstić information content (AvgIpc) is 3.07. The summed E-state index contributed by atoms with van der Waals surface area (Å²) in [6.07, 6.45) is 5.36. The highest BCUT2D eigenvalue weighted by atomic mass is 15.2. The Morgan fingerprint density at radius 1 is 0.960 bits per heavy atom. The fraction of sp³-hybridized carbons (Fsp3) is 0.714. The van der Waals surface area contributed by atoms with E-state index in [0.29, 0.717) is 0 Å². The fourth-order valence-electron chi connectivity index (χ4n) is 4.22. The number of hydrogen-bond acceptors (Lipinski definition) is 4. The van der Waals surface area contributed by atoms with E-state index in [1.54, 1.807) is 0 Å². The lowest BCUT2D eigenvalue weighted by Crippen LogP contribution is -2.41. The third-order valence-electron chi connectivity index (χ3n) is 5.80. The molecular formula is C21H36N4. The minimum absolute atomic E-state index is 0.770. The molecule has 1 atom stereocenters. The molecule has 1 aromatic carbocycles. The van der Waals surface area contributed by atoms with E-state index in [0.717, 1.165) is 25.7 Å². The van der Waals surface area contributed by atoms with Gasteiger partial charge < -0.3 is 15.1 Å². The highest BCUT2D eigenvalue weighted by Gasteiger charge is 2.24. The van der Waals surface area contributed by atoms with Crippen molar-refractivity contribution in [1.82, 2.24) is 20.0 Å². The fourth-order valence-corrected chi connectivity index (χ4v) is 4.22. The van der Waals surface area contributed by atoms with E-state index in [4.69, 9.17) is 0 Å². The molecule has 0 aliphatic carbocycles. The lowest BCUT2D eigenvalue weighted by Gasteiger charge is -2.30. The summed E-state index contributed by atoms with van der Waals surface area (Å²) in [4.78, 5) is 7.85. The maximum atomic E-state index is 3.59. The molecule has 3 rings (SSSR count). The summed E-state index contributed by atoms with van der Waals surface area (Å²) in [6.45, 7) is 10.7. The van der Waals surface area contributed by atoms with E-state index in [1.165, 1.54) is 70.5 Å². The SMILES string of the molecule is CN1CCCN(CCC2CCCN2Cc2ccccc2)CCNCC1. The zero-order valence-electron chi connectivity index (χ0n) is 16.0. The first-order valence-electron chi connectivity index (χ1n) is 10.2. The zero-order chi connectivity index (χ0) is 17.3. The third-order valence-corrected chi connectivity index (χ3v) is 5.80. The molecule has 140 valence electrons. The molecule has 0 saturated carbocycles. The molecule has 0 radical (unpaired) electrons. The van der Waals surface area contributed by atoms with Gasteiger partial charge in [0.15, 0.2) is 0 Å². The van der Waals surface area contributed by atoms with Gasteiger partial charge in [-0.15, -0.1) is 0 Å². The number of likely N-dealkylation sites (N-methyl/N-ethyl adjacent to an activating group) is 1. The summed E-state index contributed by atoms with van der Waals surface area (Å²) in [6, 6.07) is 11.7. The summed E-state index contributed by atoms with van der Waals surface area (Å²) < 4.78 is 0. The molecule has 4 heteroatoms. The van der Waals surface area contributed by atoms with Crippen molar-refractivity contribution in [3.63, 3.8) is 0 Å². The van der Waals surface area contributed by atoms with Crippen LogP contribution in [0.25, 0.3) is 0 Å². The molecule has 25 heavy (non-hydrogen) atoms. The topological polar surface area (TPSA) is 21.8 Å². The Hall–Kier alpha value is -0.940. The first kappa shape index (κ1) is 18.8. The average molecular weight is 345 g/mol. The van der Waals surface area contributed by atoms with Crippen molar-refractivity contribution in [3.8, 4) is 0 Å². The van der Waals surface area contributed by atoms with Crippen molar-refractivity contribution in [2.24, 2.45) is 0 Å². The zero-order valence-corrected chi connectivity index (χ0v) is 16.0. The van der Waals surface area contributed by atoms with Gasteiger partial charge in [0.2, 0.25) is 0 Å². The van der Waals surface area contributed by atoms with Gasteiger partial charge in [-0.2, -0.15) is 0 Å². The first-order chi connectivity index (χ1) is 12.3. The standard InChI is InChI=1S/C21H36N4/c1-23-13-6-14-24(18-12-22-11-17-23)16-10-21-9-5-15-25(21)19-20-7-3-2-4-8-20/h2-4,7-8,21-22H,5-6,9-19H2,1H3. The second-order valence-electron chi connectivity index (χ2n) is 7.79. The van der Waals surface area contributed by atoms with E-state index >= 15 is 0 Å². The lowest BCUT2D eigenvalue weighted by atomic mass is 10.1. The molecule has 1 aromatic rings. The van der Waals surface area contributed by atoms with Gasteiger partial charge in [0, 0.05) is 38.8 Å². The van der Waals surface area contributed by atoms with Crippen molar-refractivity contribution >= 4 is 0 Å². The van der Waals surface area contributed by atoms with E-state index in [-0.39, 0.29) is 0 Å². The van der Waals surface area contributed by atoms with Crippen LogP contribution in [0.3, 0.4) is 0 Å². The van der Waals surface area contributed by atoms with Crippen molar-refractivity contribution in [2.75, 3.05) is 59.4 Å². The van der Waals surface area contributed by atoms with Gasteiger partial charge in [-0.05, 0) is 64.5 Å². The summed E-state index contributed by atoms with van der Waals surface area (Å²) in [5.74, 6) is 0. The molecule has 4 nitrogen and oxygen atoms in total. The number of rotatable bonds is 5. The van der Waals surface area contributed by atoms with E-state index < -0.39 is 0 Å². The molecular weight excluding hydrogens is 308 g/mol. The molecule has 2 heterocycles. The van der Waals surface area contributed by atoms with E-state index in [2.05, 4.69) is 57.4 Å². The number of nitrogens with zero attached hydrogens (tertiary/aromatic N) is 3. The highest BCUT2D eigenvalue weighted by Crippen LogP contribution is 2.22. The number of nitrogens with one attached hydrogen (secondary N) is 1. The largest absolute Gasteiger partial charge is 0.314 e. The van der Waals surface area contributed by atoms with Gasteiger partial charge in [0.1, 0.15) is 0 Å². The minimum Gasteiger partial charge on any atom is -0.314 e. The summed E-state index contributed by atoms with van der Waals surface area (Å²) in [5.41, 5.74) is 1.46. The summed E-state index contributed by atoms with van der Waals surface area (Å²) in [7, 11) is 2.24. The number of likely N-dealkylation sites (tertiary alicyclic amines) is 1. The van der Waals surface area contributed by atoms with Crippen LogP contribution < -0.4 is 5.32 Å². The van der Waals surface area contributed by atoms with Crippen LogP contribution >= 0.6 is 0 Å². The Morgan fingerprint density at radius 2 is 1.80 bits per heavy atom. The third kappa shape index (κ3) is 6.37. The van der Waals surface area contributed by atoms with Crippen molar-refractivity contribution in [3.05, 3.63) is 35.9 Å². The highest BCUT2D eigenvalue weighted by molar-refractivity contribution is 5.14. The van der Waals surface area contributed by atoms with Crippen LogP contribution in [-0.2, 0) is 6.54 Å². The Kier molecular flexibility index (Phi) is 7.74. The van der Waals surface area contributed by atoms with Crippen LogP contribution in [0.4, 0.5) is 0 Å². The minimum atomic E-state index is 0.770. The second-order valence-corrected chi connectivity index (χ2v) is 7.79. The van der Waals surface area contributed by atoms with Crippen LogP contribution in [-0.4, -0.2) is 80.1 Å². The van der Waals surface area contributed by atoms with Crippen LogP contribution in [0.15, 0.2) is 30.3 Å². The molecule has 2 fully saturated rings. The smallest absolute Gasteiger partial charge is 0.0236 e. The van der Waals surface area contributed by atoms with Gasteiger partial charge in [-0.1, -0.05) is 30.3 Å². The van der Waals surface area contributed by atoms with Crippen LogP contribution in [0, 0.1) is 0 Å². The van der Waals surface area contributed by atoms with E-state index in [9.17, 15) is 0 Å². The molecule has 0 spiro atoms. The summed E-state index contributed by atoms with van der Waals surface area (Å²) >= 11 is 0. The van der Waals surface area contributed by atoms with Gasteiger partial charge in [-0.3, -0.25) is 4.90 Å². The molecule has 0 aromatic heterocycles. The maximum Gasteiger partial charge on any atom is 0.0236 e. The monoisotopic (exact) mass is 344 g/mol. The van der Waals surface area contributed by atoms with Crippen molar-refractivity contribution < 1.29 is 0 Å². The molecule has 2 saturated heterocycles. The molecule has 2 aliphatic heterocycles. The Morgan fingerprint density at radius 3 is 2.68 bits per heavy atom. The maximum absolute atomic E-state index is 3.59. The normalized spacial score (nSPS) is 25.2. The molecule has 0 bridgehead atoms. The molecule has 2 aliphatic rings. The van der Waals surface area contributed by atoms with E-state index in [1.807, 2.05) is 0 Å². The molecule has 0 amide bonds. The predicted molar refractivity (Wildman–Crippen MR) is 106 cm³/mol. The van der Waals surface area contributed by atoms with Gasteiger partial charge >= 0.3 is 0 Å². The Labute approximate surface area is 154 Å². The van der Waals surface area contributed by atoms with Gasteiger partial charge in [-0.25, -0.2) is 0 Å². The van der Waals surface area contributed by atoms with Crippen LogP contribution in [0.2, 0.25) is 0 Å². The van der Waals surface area contributed by atoms with Crippen molar-refractivity contribution in [2.45, 2.75) is 38.3 Å².